The molecular formula is C18H19FO2. The Kier molecular flexibility index (Phi) is 4.12. The highest BCUT2D eigenvalue weighted by molar-refractivity contribution is 6.11. The van der Waals surface area contributed by atoms with E-state index in [2.05, 4.69) is 6.07 Å². The monoisotopic (exact) mass is 286 g/mol. The number of benzene rings is 2. The summed E-state index contributed by atoms with van der Waals surface area (Å²) in [7, 11) is 1.39. The average Bonchev–Trinajstić information content (AvgIpc) is 2.45. The van der Waals surface area contributed by atoms with Gasteiger partial charge in [-0.25, -0.2) is 4.39 Å². The van der Waals surface area contributed by atoms with Gasteiger partial charge >= 0.3 is 0 Å². The van der Waals surface area contributed by atoms with Gasteiger partial charge in [0.25, 0.3) is 0 Å². The molecule has 3 heteroatoms. The van der Waals surface area contributed by atoms with Crippen LogP contribution in [0.2, 0.25) is 0 Å². The van der Waals surface area contributed by atoms with Crippen LogP contribution in [0, 0.1) is 33.5 Å². The maximum Gasteiger partial charge on any atom is 0.193 e. The summed E-state index contributed by atoms with van der Waals surface area (Å²) in [4.78, 5) is 12.8. The van der Waals surface area contributed by atoms with E-state index < -0.39 is 5.82 Å². The van der Waals surface area contributed by atoms with Crippen LogP contribution in [-0.2, 0) is 0 Å². The van der Waals surface area contributed by atoms with Crippen molar-refractivity contribution in [2.75, 3.05) is 7.11 Å². The van der Waals surface area contributed by atoms with E-state index >= 15 is 0 Å². The molecule has 0 aliphatic rings. The minimum atomic E-state index is -0.470. The van der Waals surface area contributed by atoms with Crippen LogP contribution < -0.4 is 4.74 Å². The fourth-order valence-corrected chi connectivity index (χ4v) is 2.50. The van der Waals surface area contributed by atoms with Gasteiger partial charge in [-0.2, -0.15) is 0 Å². The molecule has 2 nitrogen and oxygen atoms in total. The number of methoxy groups -OCH3 is 1. The van der Waals surface area contributed by atoms with E-state index in [9.17, 15) is 9.18 Å². The smallest absolute Gasteiger partial charge is 0.193 e. The van der Waals surface area contributed by atoms with E-state index in [0.717, 1.165) is 22.3 Å². The third-order valence-corrected chi connectivity index (χ3v) is 4.01. The van der Waals surface area contributed by atoms with Crippen molar-refractivity contribution in [2.45, 2.75) is 27.7 Å². The van der Waals surface area contributed by atoms with Crippen LogP contribution in [0.3, 0.4) is 0 Å². The summed E-state index contributed by atoms with van der Waals surface area (Å²) in [6.07, 6.45) is 0. The second-order valence-electron chi connectivity index (χ2n) is 5.31. The Morgan fingerprint density at radius 2 is 1.57 bits per heavy atom. The first-order valence-corrected chi connectivity index (χ1v) is 6.82. The van der Waals surface area contributed by atoms with Crippen LogP contribution in [0.4, 0.5) is 4.39 Å². The van der Waals surface area contributed by atoms with Crippen LogP contribution in [-0.4, -0.2) is 12.9 Å². The van der Waals surface area contributed by atoms with Crippen molar-refractivity contribution in [3.8, 4) is 5.75 Å². The van der Waals surface area contributed by atoms with Gasteiger partial charge in [-0.3, -0.25) is 4.79 Å². The molecule has 21 heavy (non-hydrogen) atoms. The van der Waals surface area contributed by atoms with E-state index in [4.69, 9.17) is 4.74 Å². The first kappa shape index (κ1) is 15.2. The lowest BCUT2D eigenvalue weighted by atomic mass is 9.89. The second-order valence-corrected chi connectivity index (χ2v) is 5.31. The highest BCUT2D eigenvalue weighted by Crippen LogP contribution is 2.26. The average molecular weight is 286 g/mol. The summed E-state index contributed by atoms with van der Waals surface area (Å²) in [6, 6.07) is 6.29. The second kappa shape index (κ2) is 5.68. The minimum Gasteiger partial charge on any atom is -0.494 e. The van der Waals surface area contributed by atoms with E-state index in [1.54, 1.807) is 0 Å². The van der Waals surface area contributed by atoms with Crippen molar-refractivity contribution in [3.05, 3.63) is 63.5 Å². The zero-order valence-electron chi connectivity index (χ0n) is 13.0. The van der Waals surface area contributed by atoms with Crippen molar-refractivity contribution < 1.29 is 13.9 Å². The van der Waals surface area contributed by atoms with Crippen molar-refractivity contribution in [2.24, 2.45) is 0 Å². The molecule has 0 atom stereocenters. The predicted octanol–water partition coefficient (Wildman–Crippen LogP) is 4.30. The fraction of sp³-hybridized carbons (Fsp3) is 0.278. The summed E-state index contributed by atoms with van der Waals surface area (Å²) in [5.41, 5.74) is 5.22. The highest BCUT2D eigenvalue weighted by Gasteiger charge is 2.18. The quantitative estimate of drug-likeness (QED) is 0.786. The van der Waals surface area contributed by atoms with Crippen LogP contribution in [0.15, 0.2) is 24.3 Å². The molecule has 0 aromatic heterocycles. The molecule has 2 aromatic carbocycles. The third-order valence-electron chi connectivity index (χ3n) is 4.01. The number of ether oxygens (including phenoxy) is 1. The van der Waals surface area contributed by atoms with E-state index in [1.165, 1.54) is 25.3 Å². The predicted molar refractivity (Wildman–Crippen MR) is 81.8 cm³/mol. The standard InChI is InChI=1S/C18H19FO2/c1-10-8-11(2)13(4)17(12(10)3)18(20)14-6-7-15(19)16(9-14)21-5/h6-9H,1-5H3. The first-order chi connectivity index (χ1) is 9.86. The molecule has 0 bridgehead atoms. The molecule has 0 unspecified atom stereocenters. The fourth-order valence-electron chi connectivity index (χ4n) is 2.50. The molecule has 0 spiro atoms. The molecule has 0 aliphatic heterocycles. The molecule has 2 rings (SSSR count). The SMILES string of the molecule is COc1cc(C(=O)c2c(C)c(C)cc(C)c2C)ccc1F. The van der Waals surface area contributed by atoms with Crippen LogP contribution >= 0.6 is 0 Å². The van der Waals surface area contributed by atoms with Gasteiger partial charge in [0, 0.05) is 11.1 Å². The van der Waals surface area contributed by atoms with Crippen molar-refractivity contribution >= 4 is 5.78 Å². The minimum absolute atomic E-state index is 0.0838. The van der Waals surface area contributed by atoms with E-state index in [-0.39, 0.29) is 11.5 Å². The van der Waals surface area contributed by atoms with Gasteiger partial charge < -0.3 is 4.74 Å². The van der Waals surface area contributed by atoms with Crippen molar-refractivity contribution in [1.82, 2.24) is 0 Å². The maximum atomic E-state index is 13.5. The van der Waals surface area contributed by atoms with Gasteiger partial charge in [-0.1, -0.05) is 6.07 Å². The molecule has 0 radical (unpaired) electrons. The van der Waals surface area contributed by atoms with Crippen LogP contribution in [0.25, 0.3) is 0 Å². The molecule has 0 amide bonds. The first-order valence-electron chi connectivity index (χ1n) is 6.82. The molecule has 0 N–H and O–H groups in total. The van der Waals surface area contributed by atoms with Gasteiger partial charge in [-0.15, -0.1) is 0 Å². The Bertz CT molecular complexity index is 691. The maximum absolute atomic E-state index is 13.5. The summed E-state index contributed by atoms with van der Waals surface area (Å²) < 4.78 is 18.4. The Labute approximate surface area is 124 Å². The number of ketones is 1. The number of carbonyl (C=O) groups excluding carboxylic acids is 1. The van der Waals surface area contributed by atoms with Crippen molar-refractivity contribution in [1.29, 1.82) is 0 Å². The van der Waals surface area contributed by atoms with Gasteiger partial charge in [0.15, 0.2) is 17.3 Å². The van der Waals surface area contributed by atoms with Crippen LogP contribution in [0.5, 0.6) is 5.75 Å². The largest absolute Gasteiger partial charge is 0.494 e. The topological polar surface area (TPSA) is 26.3 Å². The van der Waals surface area contributed by atoms with Gasteiger partial charge in [-0.05, 0) is 68.1 Å². The molecule has 0 saturated heterocycles. The molecular weight excluding hydrogens is 267 g/mol. The van der Waals surface area contributed by atoms with E-state index in [1.807, 2.05) is 27.7 Å². The molecule has 110 valence electrons. The summed E-state index contributed by atoms with van der Waals surface area (Å²) >= 11 is 0. The summed E-state index contributed by atoms with van der Waals surface area (Å²) in [5.74, 6) is -0.487. The Hall–Kier alpha value is -2.16. The Morgan fingerprint density at radius 1 is 1.00 bits per heavy atom. The number of hydrogen-bond acceptors (Lipinski definition) is 2. The molecule has 0 fully saturated rings. The van der Waals surface area contributed by atoms with Crippen molar-refractivity contribution in [3.63, 3.8) is 0 Å². The van der Waals surface area contributed by atoms with E-state index in [0.29, 0.717) is 11.1 Å². The van der Waals surface area contributed by atoms with Gasteiger partial charge in [0.05, 0.1) is 7.11 Å². The molecule has 0 heterocycles. The number of hydrogen-bond donors (Lipinski definition) is 0. The highest BCUT2D eigenvalue weighted by atomic mass is 19.1. The lowest BCUT2D eigenvalue weighted by molar-refractivity contribution is 0.103. The van der Waals surface area contributed by atoms with Gasteiger partial charge in [0.1, 0.15) is 0 Å². The normalized spacial score (nSPS) is 10.6. The molecule has 0 saturated carbocycles. The summed E-state index contributed by atoms with van der Waals surface area (Å²) in [5, 5.41) is 0. The zero-order valence-corrected chi connectivity index (χ0v) is 13.0. The Balaban J connectivity index is 2.60. The van der Waals surface area contributed by atoms with Crippen LogP contribution in [0.1, 0.15) is 38.2 Å². The summed E-state index contributed by atoms with van der Waals surface area (Å²) in [6.45, 7) is 7.86. The number of rotatable bonds is 3. The lowest BCUT2D eigenvalue weighted by Gasteiger charge is -2.15. The molecule has 2 aromatic rings. The number of halogens is 1. The lowest BCUT2D eigenvalue weighted by Crippen LogP contribution is -2.09. The number of carbonyl (C=O) groups is 1. The number of aryl methyl sites for hydroxylation is 2. The third kappa shape index (κ3) is 2.68. The zero-order chi connectivity index (χ0) is 15.7. The molecule has 0 aliphatic carbocycles. The Morgan fingerprint density at radius 3 is 2.10 bits per heavy atom. The van der Waals surface area contributed by atoms with Gasteiger partial charge in [0.2, 0.25) is 0 Å².